The Labute approximate surface area is 221 Å². The molecule has 0 fully saturated rings. The van der Waals surface area contributed by atoms with Gasteiger partial charge in [-0.1, -0.05) is 30.4 Å². The van der Waals surface area contributed by atoms with Crippen LogP contribution >= 0.6 is 0 Å². The Bertz CT molecular complexity index is 1510. The van der Waals surface area contributed by atoms with Crippen molar-refractivity contribution in [3.05, 3.63) is 83.7 Å². The first-order valence-corrected chi connectivity index (χ1v) is 11.8. The van der Waals surface area contributed by atoms with E-state index in [4.69, 9.17) is 18.9 Å². The molecule has 38 heavy (non-hydrogen) atoms. The number of ether oxygens (including phenoxy) is 4. The van der Waals surface area contributed by atoms with Crippen LogP contribution in [0.4, 0.5) is 5.69 Å². The number of methoxy groups -OCH3 is 4. The molecule has 0 aliphatic rings. The standard InChI is InChI=1S/C30H30N2O6/c1-32-18-22(21-8-6-7-9-24(21)32)25(33)12-13-31-23-17-27(35-2)26(34)16-20(23)11-10-19-14-28(36-3)30(38-5)29(15-19)37-4/h6-18,31,34H,1-5H3. The van der Waals surface area contributed by atoms with Crippen molar-refractivity contribution in [2.24, 2.45) is 7.05 Å². The maximum atomic E-state index is 13.0. The van der Waals surface area contributed by atoms with E-state index in [0.29, 0.717) is 39.8 Å². The molecular formula is C30H30N2O6. The summed E-state index contributed by atoms with van der Waals surface area (Å²) >= 11 is 0. The number of aromatic nitrogens is 1. The molecule has 0 aliphatic carbocycles. The zero-order valence-corrected chi connectivity index (χ0v) is 21.9. The minimum atomic E-state index is -0.130. The Balaban J connectivity index is 1.63. The van der Waals surface area contributed by atoms with Crippen LogP contribution in [0.5, 0.6) is 28.7 Å². The molecule has 196 valence electrons. The van der Waals surface area contributed by atoms with Gasteiger partial charge in [0.05, 0.1) is 28.4 Å². The Morgan fingerprint density at radius 3 is 2.24 bits per heavy atom. The molecule has 0 radical (unpaired) electrons. The van der Waals surface area contributed by atoms with E-state index < -0.39 is 0 Å². The number of benzene rings is 3. The number of hydrogen-bond acceptors (Lipinski definition) is 7. The lowest BCUT2D eigenvalue weighted by Crippen LogP contribution is -1.97. The Hall–Kier alpha value is -4.85. The van der Waals surface area contributed by atoms with Crippen LogP contribution in [0.25, 0.3) is 23.1 Å². The molecule has 4 rings (SSSR count). The number of aryl methyl sites for hydroxylation is 1. The molecule has 2 N–H and O–H groups in total. The number of fused-ring (bicyclic) bond motifs is 1. The third-order valence-electron chi connectivity index (χ3n) is 6.13. The number of carbonyl (C=O) groups is 1. The van der Waals surface area contributed by atoms with Crippen LogP contribution in [-0.2, 0) is 7.05 Å². The number of allylic oxidation sites excluding steroid dienone is 1. The highest BCUT2D eigenvalue weighted by atomic mass is 16.5. The van der Waals surface area contributed by atoms with Crippen molar-refractivity contribution in [3.63, 3.8) is 0 Å². The van der Waals surface area contributed by atoms with Crippen molar-refractivity contribution in [1.29, 1.82) is 0 Å². The van der Waals surface area contributed by atoms with Gasteiger partial charge in [-0.3, -0.25) is 4.79 Å². The topological polar surface area (TPSA) is 91.2 Å². The normalized spacial score (nSPS) is 11.3. The van der Waals surface area contributed by atoms with Gasteiger partial charge >= 0.3 is 0 Å². The summed E-state index contributed by atoms with van der Waals surface area (Å²) in [5.74, 6) is 1.70. The third kappa shape index (κ3) is 5.29. The van der Waals surface area contributed by atoms with Gasteiger partial charge in [0.25, 0.3) is 0 Å². The van der Waals surface area contributed by atoms with Crippen LogP contribution in [-0.4, -0.2) is 43.9 Å². The molecule has 0 unspecified atom stereocenters. The first-order valence-electron chi connectivity index (χ1n) is 11.8. The number of phenols is 1. The fourth-order valence-electron chi connectivity index (χ4n) is 4.23. The first-order chi connectivity index (χ1) is 18.4. The molecule has 0 amide bonds. The Kier molecular flexibility index (Phi) is 7.91. The smallest absolute Gasteiger partial charge is 0.203 e. The fourth-order valence-corrected chi connectivity index (χ4v) is 4.23. The van der Waals surface area contributed by atoms with Gasteiger partial charge in [0.2, 0.25) is 5.75 Å². The largest absolute Gasteiger partial charge is 0.504 e. The highest BCUT2D eigenvalue weighted by molar-refractivity contribution is 6.13. The molecule has 8 nitrogen and oxygen atoms in total. The molecule has 0 aliphatic heterocycles. The van der Waals surface area contributed by atoms with Gasteiger partial charge in [-0.15, -0.1) is 0 Å². The van der Waals surface area contributed by atoms with Gasteiger partial charge in [0, 0.05) is 59.3 Å². The number of anilines is 1. The summed E-state index contributed by atoms with van der Waals surface area (Å²) in [6, 6.07) is 14.6. The summed E-state index contributed by atoms with van der Waals surface area (Å²) in [6.07, 6.45) is 8.55. The highest BCUT2D eigenvalue weighted by Gasteiger charge is 2.14. The van der Waals surface area contributed by atoms with Gasteiger partial charge in [0.1, 0.15) is 0 Å². The number of hydrogen-bond donors (Lipinski definition) is 2. The van der Waals surface area contributed by atoms with E-state index in [9.17, 15) is 9.90 Å². The highest BCUT2D eigenvalue weighted by Crippen LogP contribution is 2.39. The summed E-state index contributed by atoms with van der Waals surface area (Å²) in [5.41, 5.74) is 3.69. The molecule has 0 bridgehead atoms. The Morgan fingerprint density at radius 2 is 1.58 bits per heavy atom. The minimum Gasteiger partial charge on any atom is -0.504 e. The average Bonchev–Trinajstić information content (AvgIpc) is 3.28. The number of para-hydroxylation sites is 1. The predicted molar refractivity (Wildman–Crippen MR) is 150 cm³/mol. The van der Waals surface area contributed by atoms with E-state index in [1.54, 1.807) is 39.7 Å². The SMILES string of the molecule is COc1cc(NC=CC(=O)c2cn(C)c3ccccc23)c(C=Cc2cc(OC)c(OC)c(OC)c2)cc1O. The lowest BCUT2D eigenvalue weighted by molar-refractivity contribution is 0.104. The second-order valence-corrected chi connectivity index (χ2v) is 8.42. The van der Waals surface area contributed by atoms with Crippen LogP contribution in [0.1, 0.15) is 21.5 Å². The molecule has 4 aromatic rings. The van der Waals surface area contributed by atoms with Crippen molar-refractivity contribution in [1.82, 2.24) is 4.57 Å². The summed E-state index contributed by atoms with van der Waals surface area (Å²) in [6.45, 7) is 0. The number of rotatable bonds is 10. The summed E-state index contributed by atoms with van der Waals surface area (Å²) in [7, 11) is 8.05. The van der Waals surface area contributed by atoms with Crippen molar-refractivity contribution < 1.29 is 28.8 Å². The van der Waals surface area contributed by atoms with E-state index in [1.165, 1.54) is 13.2 Å². The summed E-state index contributed by atoms with van der Waals surface area (Å²) in [5, 5.41) is 14.4. The van der Waals surface area contributed by atoms with Crippen LogP contribution in [0.2, 0.25) is 0 Å². The first kappa shape index (κ1) is 26.2. The maximum absolute atomic E-state index is 13.0. The van der Waals surface area contributed by atoms with Gasteiger partial charge in [0.15, 0.2) is 28.8 Å². The second kappa shape index (κ2) is 11.5. The Morgan fingerprint density at radius 1 is 0.895 bits per heavy atom. The van der Waals surface area contributed by atoms with E-state index in [-0.39, 0.29) is 11.5 Å². The van der Waals surface area contributed by atoms with Crippen LogP contribution < -0.4 is 24.3 Å². The van der Waals surface area contributed by atoms with E-state index in [1.807, 2.05) is 66.4 Å². The lowest BCUT2D eigenvalue weighted by Gasteiger charge is -2.13. The van der Waals surface area contributed by atoms with Gasteiger partial charge in [-0.2, -0.15) is 0 Å². The zero-order chi connectivity index (χ0) is 27.2. The number of phenolic OH excluding ortho intramolecular Hbond substituents is 1. The monoisotopic (exact) mass is 514 g/mol. The number of ketones is 1. The molecule has 0 saturated carbocycles. The van der Waals surface area contributed by atoms with Crippen LogP contribution in [0.3, 0.4) is 0 Å². The summed E-state index contributed by atoms with van der Waals surface area (Å²) in [4.78, 5) is 13.0. The second-order valence-electron chi connectivity index (χ2n) is 8.42. The predicted octanol–water partition coefficient (Wildman–Crippen LogP) is 5.90. The van der Waals surface area contributed by atoms with Crippen molar-refractivity contribution in [2.45, 2.75) is 0 Å². The molecule has 1 heterocycles. The van der Waals surface area contributed by atoms with E-state index in [2.05, 4.69) is 5.32 Å². The zero-order valence-electron chi connectivity index (χ0n) is 21.9. The molecule has 0 spiro atoms. The minimum absolute atomic E-state index is 0.0154. The van der Waals surface area contributed by atoms with E-state index in [0.717, 1.165) is 16.5 Å². The number of nitrogens with zero attached hydrogens (tertiary/aromatic N) is 1. The van der Waals surface area contributed by atoms with Crippen LogP contribution in [0.15, 0.2) is 67.0 Å². The number of aromatic hydroxyl groups is 1. The maximum Gasteiger partial charge on any atom is 0.203 e. The molecule has 8 heteroatoms. The van der Waals surface area contributed by atoms with Gasteiger partial charge in [-0.25, -0.2) is 0 Å². The molecular weight excluding hydrogens is 484 g/mol. The van der Waals surface area contributed by atoms with Gasteiger partial charge < -0.3 is 33.9 Å². The van der Waals surface area contributed by atoms with Crippen LogP contribution in [0, 0.1) is 0 Å². The van der Waals surface area contributed by atoms with Crippen molar-refractivity contribution in [2.75, 3.05) is 33.8 Å². The van der Waals surface area contributed by atoms with Crippen molar-refractivity contribution >= 4 is 34.5 Å². The molecule has 1 aromatic heterocycles. The fraction of sp³-hybridized carbons (Fsp3) is 0.167. The summed E-state index contributed by atoms with van der Waals surface area (Å²) < 4.78 is 23.5. The third-order valence-corrected chi connectivity index (χ3v) is 6.13. The molecule has 3 aromatic carbocycles. The van der Waals surface area contributed by atoms with Crippen molar-refractivity contribution in [3.8, 4) is 28.7 Å². The number of carbonyl (C=O) groups excluding carboxylic acids is 1. The quantitative estimate of drug-likeness (QED) is 0.118. The van der Waals surface area contributed by atoms with Gasteiger partial charge in [-0.05, 0) is 29.8 Å². The van der Waals surface area contributed by atoms with E-state index >= 15 is 0 Å². The average molecular weight is 515 g/mol. The molecule has 0 saturated heterocycles. The lowest BCUT2D eigenvalue weighted by atomic mass is 10.1. The number of nitrogens with one attached hydrogen (secondary N) is 1. The molecule has 0 atom stereocenters.